The first-order valence-corrected chi connectivity index (χ1v) is 11.1. The molecular weight excluding hydrogens is 414 g/mol. The van der Waals surface area contributed by atoms with Gasteiger partial charge in [0.15, 0.2) is 10.1 Å². The van der Waals surface area contributed by atoms with Crippen LogP contribution in [0.2, 0.25) is 0 Å². The molecule has 2 heterocycles. The molecule has 1 aliphatic heterocycles. The Morgan fingerprint density at radius 3 is 2.86 bits per heavy atom. The van der Waals surface area contributed by atoms with Crippen molar-refractivity contribution in [2.45, 2.75) is 22.6 Å². The number of thiazole rings is 1. The molecule has 0 aliphatic carbocycles. The van der Waals surface area contributed by atoms with Gasteiger partial charge in [0.25, 0.3) is 0 Å². The van der Waals surface area contributed by atoms with E-state index in [-0.39, 0.29) is 29.5 Å². The van der Waals surface area contributed by atoms with Crippen LogP contribution >= 0.6 is 34.9 Å². The summed E-state index contributed by atoms with van der Waals surface area (Å²) in [5, 5.41) is 12.0. The molecule has 1 aliphatic rings. The van der Waals surface area contributed by atoms with E-state index in [4.69, 9.17) is 4.74 Å². The number of rotatable bonds is 7. The van der Waals surface area contributed by atoms with Crippen LogP contribution in [0.3, 0.4) is 0 Å². The highest BCUT2D eigenvalue weighted by Gasteiger charge is 2.27. The zero-order chi connectivity index (χ0) is 20.1. The molecule has 144 valence electrons. The van der Waals surface area contributed by atoms with E-state index in [1.54, 1.807) is 12.3 Å². The molecule has 0 fully saturated rings. The minimum absolute atomic E-state index is 0.115. The van der Waals surface area contributed by atoms with Crippen molar-refractivity contribution in [1.82, 2.24) is 4.98 Å². The number of fused-ring (bicyclic) bond motifs is 1. The molecular formula is C19H17N3O3S3. The number of hydrogen-bond acceptors (Lipinski definition) is 9. The second-order valence-electron chi connectivity index (χ2n) is 5.72. The number of nitriles is 1. The molecule has 0 spiro atoms. The van der Waals surface area contributed by atoms with Crippen LogP contribution in [-0.4, -0.2) is 36.1 Å². The van der Waals surface area contributed by atoms with Crippen LogP contribution in [0, 0.1) is 11.3 Å². The second kappa shape index (κ2) is 9.28. The number of esters is 1. The first kappa shape index (κ1) is 20.5. The van der Waals surface area contributed by atoms with Gasteiger partial charge in [0, 0.05) is 17.3 Å². The molecule has 3 rings (SSSR count). The van der Waals surface area contributed by atoms with E-state index in [0.29, 0.717) is 21.7 Å². The topological polar surface area (TPSA) is 83.3 Å². The van der Waals surface area contributed by atoms with Gasteiger partial charge in [-0.15, -0.1) is 11.3 Å². The van der Waals surface area contributed by atoms with Crippen molar-refractivity contribution in [3.63, 3.8) is 0 Å². The number of anilines is 1. The van der Waals surface area contributed by atoms with Crippen LogP contribution in [0.4, 0.5) is 5.69 Å². The summed E-state index contributed by atoms with van der Waals surface area (Å²) in [7, 11) is 1.86. The fraction of sp³-hybridized carbons (Fsp3) is 0.263. The first-order chi connectivity index (χ1) is 13.5. The van der Waals surface area contributed by atoms with E-state index in [1.807, 2.05) is 36.2 Å². The molecule has 28 heavy (non-hydrogen) atoms. The molecule has 0 amide bonds. The molecule has 0 atom stereocenters. The van der Waals surface area contributed by atoms with Gasteiger partial charge in [-0.3, -0.25) is 9.59 Å². The van der Waals surface area contributed by atoms with Crippen molar-refractivity contribution in [2.75, 3.05) is 24.3 Å². The highest BCUT2D eigenvalue weighted by atomic mass is 32.2. The highest BCUT2D eigenvalue weighted by Crippen LogP contribution is 2.46. The average Bonchev–Trinajstić information content (AvgIpc) is 3.26. The third kappa shape index (κ3) is 4.58. The lowest BCUT2D eigenvalue weighted by Crippen LogP contribution is -2.16. The molecule has 0 saturated heterocycles. The Bertz CT molecular complexity index is 978. The summed E-state index contributed by atoms with van der Waals surface area (Å²) < 4.78 is 5.59. The zero-order valence-electron chi connectivity index (χ0n) is 15.3. The maximum Gasteiger partial charge on any atom is 0.311 e. The third-order valence-electron chi connectivity index (χ3n) is 3.83. The largest absolute Gasteiger partial charge is 0.466 e. The second-order valence-corrected chi connectivity index (χ2v) is 8.83. The van der Waals surface area contributed by atoms with Gasteiger partial charge in [0.1, 0.15) is 16.7 Å². The normalized spacial score (nSPS) is 14.4. The number of benzene rings is 1. The van der Waals surface area contributed by atoms with E-state index in [1.165, 1.54) is 34.9 Å². The number of thioether (sulfide) groups is 2. The Kier molecular flexibility index (Phi) is 6.78. The van der Waals surface area contributed by atoms with E-state index in [2.05, 4.69) is 11.1 Å². The number of carbonyl (C=O) groups is 2. The summed E-state index contributed by atoms with van der Waals surface area (Å²) in [5.41, 5.74) is 1.76. The quantitative estimate of drug-likeness (QED) is 0.283. The molecule has 0 saturated carbocycles. The lowest BCUT2D eigenvalue weighted by molar-refractivity contribution is -0.142. The summed E-state index contributed by atoms with van der Waals surface area (Å²) in [5.74, 6) is -0.446. The summed E-state index contributed by atoms with van der Waals surface area (Å²) in [4.78, 5) is 31.4. The fourth-order valence-corrected chi connectivity index (χ4v) is 5.42. The average molecular weight is 432 g/mol. The fourth-order valence-electron chi connectivity index (χ4n) is 2.55. The molecule has 0 bridgehead atoms. The Morgan fingerprint density at radius 2 is 2.14 bits per heavy atom. The lowest BCUT2D eigenvalue weighted by Gasteiger charge is -2.14. The number of carbonyl (C=O) groups excluding carboxylic acids is 2. The highest BCUT2D eigenvalue weighted by molar-refractivity contribution is 8.04. The van der Waals surface area contributed by atoms with Crippen molar-refractivity contribution < 1.29 is 14.3 Å². The van der Waals surface area contributed by atoms with Crippen LogP contribution in [0.15, 0.2) is 49.5 Å². The number of ether oxygens (including phenoxy) is 1. The number of aromatic nitrogens is 1. The van der Waals surface area contributed by atoms with Gasteiger partial charge in [-0.1, -0.05) is 35.7 Å². The Hall–Kier alpha value is -2.28. The standard InChI is InChI=1S/C19H17N3O3S3/c1-3-25-17(24)8-12-10-26-19(21-12)27-11-15(23)13(9-20)18-22(2)14-6-4-5-7-16(14)28-18/h4-7,10H,3,8,11H2,1-2H3. The summed E-state index contributed by atoms with van der Waals surface area (Å²) in [6.07, 6.45) is 0.117. The predicted octanol–water partition coefficient (Wildman–Crippen LogP) is 3.89. The van der Waals surface area contributed by atoms with Crippen LogP contribution in [0.25, 0.3) is 0 Å². The third-order valence-corrected chi connectivity index (χ3v) is 7.14. The maximum absolute atomic E-state index is 12.7. The molecule has 6 nitrogen and oxygen atoms in total. The molecule has 9 heteroatoms. The maximum atomic E-state index is 12.7. The van der Waals surface area contributed by atoms with Crippen LogP contribution < -0.4 is 4.90 Å². The molecule has 0 N–H and O–H groups in total. The Balaban J connectivity index is 1.65. The predicted molar refractivity (Wildman–Crippen MR) is 112 cm³/mol. The lowest BCUT2D eigenvalue weighted by atomic mass is 10.2. The molecule has 0 unspecified atom stereocenters. The Labute approximate surface area is 175 Å². The van der Waals surface area contributed by atoms with Gasteiger partial charge in [-0.2, -0.15) is 5.26 Å². The van der Waals surface area contributed by atoms with E-state index in [9.17, 15) is 14.9 Å². The number of nitrogens with zero attached hydrogens (tertiary/aromatic N) is 3. The number of hydrogen-bond donors (Lipinski definition) is 0. The number of ketones is 1. The van der Waals surface area contributed by atoms with Crippen molar-refractivity contribution in [2.24, 2.45) is 0 Å². The SMILES string of the molecule is CCOC(=O)Cc1csc(SCC(=O)C(C#N)=C2Sc3ccccc3N2C)n1. The van der Waals surface area contributed by atoms with Crippen molar-refractivity contribution in [1.29, 1.82) is 5.26 Å². The summed E-state index contributed by atoms with van der Waals surface area (Å²) >= 11 is 4.07. The number of allylic oxidation sites excluding steroid dienone is 1. The molecule has 0 radical (unpaired) electrons. The monoisotopic (exact) mass is 431 g/mol. The molecule has 1 aromatic carbocycles. The molecule has 1 aromatic heterocycles. The minimum atomic E-state index is -0.321. The van der Waals surface area contributed by atoms with Gasteiger partial charge < -0.3 is 9.64 Å². The van der Waals surface area contributed by atoms with Gasteiger partial charge >= 0.3 is 5.97 Å². The van der Waals surface area contributed by atoms with Gasteiger partial charge in [0.05, 0.1) is 30.2 Å². The van der Waals surface area contributed by atoms with Gasteiger partial charge in [-0.05, 0) is 19.1 Å². The van der Waals surface area contributed by atoms with Crippen LogP contribution in [0.1, 0.15) is 12.6 Å². The smallest absolute Gasteiger partial charge is 0.311 e. The van der Waals surface area contributed by atoms with Gasteiger partial charge in [-0.25, -0.2) is 4.98 Å². The Morgan fingerprint density at radius 1 is 1.36 bits per heavy atom. The zero-order valence-corrected chi connectivity index (χ0v) is 17.7. The summed E-state index contributed by atoms with van der Waals surface area (Å²) in [6, 6.07) is 9.86. The van der Waals surface area contributed by atoms with Crippen LogP contribution in [-0.2, 0) is 20.7 Å². The number of Topliss-reactive ketones (excluding diaryl/α,β-unsaturated/α-hetero) is 1. The first-order valence-electron chi connectivity index (χ1n) is 8.44. The van der Waals surface area contributed by atoms with E-state index >= 15 is 0 Å². The molecule has 2 aromatic rings. The van der Waals surface area contributed by atoms with Crippen molar-refractivity contribution >= 4 is 52.3 Å². The van der Waals surface area contributed by atoms with Crippen molar-refractivity contribution in [3.8, 4) is 6.07 Å². The van der Waals surface area contributed by atoms with Crippen molar-refractivity contribution in [3.05, 3.63) is 45.9 Å². The van der Waals surface area contributed by atoms with Crippen LogP contribution in [0.5, 0.6) is 0 Å². The van der Waals surface area contributed by atoms with E-state index < -0.39 is 0 Å². The number of para-hydroxylation sites is 1. The van der Waals surface area contributed by atoms with E-state index in [0.717, 1.165) is 10.6 Å². The summed E-state index contributed by atoms with van der Waals surface area (Å²) in [6.45, 7) is 2.09. The minimum Gasteiger partial charge on any atom is -0.466 e. The van der Waals surface area contributed by atoms with Gasteiger partial charge in [0.2, 0.25) is 0 Å².